The molecule has 8 nitrogen and oxygen atoms in total. The van der Waals surface area contributed by atoms with Crippen LogP contribution in [0.1, 0.15) is 11.3 Å². The fourth-order valence-electron chi connectivity index (χ4n) is 2.85. The van der Waals surface area contributed by atoms with Gasteiger partial charge in [0.25, 0.3) is 0 Å². The molecule has 0 saturated carbocycles. The van der Waals surface area contributed by atoms with E-state index in [1.165, 1.54) is 29.7 Å². The monoisotopic (exact) mass is 434 g/mol. The third-order valence-corrected chi connectivity index (χ3v) is 5.26. The van der Waals surface area contributed by atoms with Gasteiger partial charge in [-0.05, 0) is 35.9 Å². The Labute approximate surface area is 181 Å². The van der Waals surface area contributed by atoms with Gasteiger partial charge in [-0.3, -0.25) is 15.1 Å². The number of nitrogens with zero attached hydrogens (tertiary/aromatic N) is 4. The molecule has 0 spiro atoms. The fraction of sp³-hybridized carbons (Fsp3) is 0.0909. The summed E-state index contributed by atoms with van der Waals surface area (Å²) in [5.41, 5.74) is 2.84. The van der Waals surface area contributed by atoms with E-state index in [0.29, 0.717) is 11.3 Å². The van der Waals surface area contributed by atoms with Crippen LogP contribution >= 0.6 is 11.3 Å². The van der Waals surface area contributed by atoms with Gasteiger partial charge in [0.05, 0.1) is 31.6 Å². The molecule has 156 valence electrons. The first kappa shape index (κ1) is 20.3. The van der Waals surface area contributed by atoms with Gasteiger partial charge in [-0.1, -0.05) is 30.3 Å². The van der Waals surface area contributed by atoms with Gasteiger partial charge in [-0.2, -0.15) is 5.10 Å². The molecule has 2 aromatic heterocycles. The number of methoxy groups -OCH3 is 1. The number of benzene rings is 2. The summed E-state index contributed by atoms with van der Waals surface area (Å²) in [6.07, 6.45) is 1.44. The molecule has 0 atom stereocenters. The van der Waals surface area contributed by atoms with Crippen LogP contribution in [0.2, 0.25) is 0 Å². The summed E-state index contributed by atoms with van der Waals surface area (Å²) < 4.78 is 12.1. The minimum Gasteiger partial charge on any atom is -0.497 e. The van der Waals surface area contributed by atoms with Crippen molar-refractivity contribution in [3.63, 3.8) is 0 Å². The Balaban J connectivity index is 1.73. The Morgan fingerprint density at radius 1 is 1.13 bits per heavy atom. The Morgan fingerprint density at radius 3 is 2.58 bits per heavy atom. The predicted molar refractivity (Wildman–Crippen MR) is 118 cm³/mol. The summed E-state index contributed by atoms with van der Waals surface area (Å²) in [5, 5.41) is 17.3. The molecule has 2 aromatic carbocycles. The van der Waals surface area contributed by atoms with E-state index in [1.54, 1.807) is 11.8 Å². The molecule has 2 heterocycles. The smallest absolute Gasteiger partial charge is 0.433 e. The summed E-state index contributed by atoms with van der Waals surface area (Å²) >= 11 is 1.46. The number of aromatic nitrogens is 1. The van der Waals surface area contributed by atoms with Crippen molar-refractivity contribution in [1.29, 1.82) is 0 Å². The quantitative estimate of drug-likeness (QED) is 0.239. The molecule has 4 rings (SSSR count). The average Bonchev–Trinajstić information content (AvgIpc) is 3.44. The van der Waals surface area contributed by atoms with E-state index in [-0.39, 0.29) is 11.6 Å². The number of furan rings is 1. The van der Waals surface area contributed by atoms with Crippen molar-refractivity contribution in [2.45, 2.75) is 6.54 Å². The van der Waals surface area contributed by atoms with Crippen molar-refractivity contribution >= 4 is 23.4 Å². The van der Waals surface area contributed by atoms with Crippen molar-refractivity contribution in [3.8, 4) is 17.0 Å². The highest BCUT2D eigenvalue weighted by molar-refractivity contribution is 7.07. The van der Waals surface area contributed by atoms with Gasteiger partial charge < -0.3 is 9.15 Å². The van der Waals surface area contributed by atoms with Crippen LogP contribution in [-0.4, -0.2) is 22.9 Å². The Morgan fingerprint density at radius 2 is 1.90 bits per heavy atom. The fourth-order valence-corrected chi connectivity index (χ4v) is 3.68. The lowest BCUT2D eigenvalue weighted by Crippen LogP contribution is -2.12. The molecule has 0 fully saturated rings. The minimum atomic E-state index is -0.585. The van der Waals surface area contributed by atoms with E-state index in [2.05, 4.69) is 5.10 Å². The summed E-state index contributed by atoms with van der Waals surface area (Å²) in [6.45, 7) is 0.505. The minimum absolute atomic E-state index is 0.278. The molecule has 4 aromatic rings. The highest BCUT2D eigenvalue weighted by Gasteiger charge is 2.11. The van der Waals surface area contributed by atoms with E-state index >= 15 is 0 Å². The summed E-state index contributed by atoms with van der Waals surface area (Å²) in [4.78, 5) is 15.7. The molecule has 0 saturated heterocycles. The first-order valence-corrected chi connectivity index (χ1v) is 10.2. The van der Waals surface area contributed by atoms with E-state index in [9.17, 15) is 10.1 Å². The van der Waals surface area contributed by atoms with Crippen molar-refractivity contribution in [2.24, 2.45) is 10.1 Å². The van der Waals surface area contributed by atoms with Crippen LogP contribution in [-0.2, 0) is 6.54 Å². The molecule has 0 N–H and O–H groups in total. The van der Waals surface area contributed by atoms with E-state index in [0.717, 1.165) is 22.6 Å². The number of thiazole rings is 1. The third-order valence-electron chi connectivity index (χ3n) is 4.40. The maximum Gasteiger partial charge on any atom is 0.433 e. The second-order valence-electron chi connectivity index (χ2n) is 6.42. The first-order chi connectivity index (χ1) is 15.1. The van der Waals surface area contributed by atoms with Crippen LogP contribution in [0.15, 0.2) is 86.6 Å². The molecule has 9 heteroatoms. The topological polar surface area (TPSA) is 95.2 Å². The standard InChI is InChI=1S/C22H18N4O4S/c1-29-18-9-7-17(8-10-18)20-15-31-22(23-13-16-5-3-2-4-6-16)25(20)24-14-19-11-12-21(30-19)26(27)28/h2-12,14-15H,13H2,1H3. The summed E-state index contributed by atoms with van der Waals surface area (Å²) in [5.74, 6) is 0.701. The number of hydrogen-bond acceptors (Lipinski definition) is 7. The molecule has 0 aliphatic rings. The lowest BCUT2D eigenvalue weighted by atomic mass is 10.2. The molecular weight excluding hydrogens is 416 g/mol. The molecule has 0 aliphatic heterocycles. The molecule has 0 bridgehead atoms. The molecule has 0 amide bonds. The van der Waals surface area contributed by atoms with Crippen molar-refractivity contribution in [3.05, 3.63) is 98.3 Å². The van der Waals surface area contributed by atoms with Gasteiger partial charge in [0.15, 0.2) is 5.76 Å². The van der Waals surface area contributed by atoms with Crippen LogP contribution in [0.5, 0.6) is 5.75 Å². The van der Waals surface area contributed by atoms with E-state index < -0.39 is 4.92 Å². The van der Waals surface area contributed by atoms with Crippen molar-refractivity contribution in [1.82, 2.24) is 4.68 Å². The van der Waals surface area contributed by atoms with E-state index in [1.807, 2.05) is 60.0 Å². The Hall–Kier alpha value is -3.98. The Bertz CT molecular complexity index is 1270. The van der Waals surface area contributed by atoms with Crippen molar-refractivity contribution in [2.75, 3.05) is 7.11 Å². The normalized spacial score (nSPS) is 11.8. The first-order valence-electron chi connectivity index (χ1n) is 9.32. The summed E-state index contributed by atoms with van der Waals surface area (Å²) in [7, 11) is 1.62. The van der Waals surface area contributed by atoms with Crippen LogP contribution in [0.4, 0.5) is 5.88 Å². The zero-order chi connectivity index (χ0) is 21.6. The van der Waals surface area contributed by atoms with Gasteiger partial charge in [-0.25, -0.2) is 4.68 Å². The molecular formula is C22H18N4O4S. The highest BCUT2D eigenvalue weighted by Crippen LogP contribution is 2.23. The van der Waals surface area contributed by atoms with Gasteiger partial charge in [0.2, 0.25) is 4.80 Å². The van der Waals surface area contributed by atoms with Crippen molar-refractivity contribution < 1.29 is 14.1 Å². The third kappa shape index (κ3) is 4.78. The zero-order valence-electron chi connectivity index (χ0n) is 16.5. The maximum absolute atomic E-state index is 10.9. The molecule has 31 heavy (non-hydrogen) atoms. The predicted octanol–water partition coefficient (Wildman–Crippen LogP) is 4.71. The number of rotatable bonds is 7. The summed E-state index contributed by atoms with van der Waals surface area (Å²) in [6, 6.07) is 20.3. The van der Waals surface area contributed by atoms with E-state index in [4.69, 9.17) is 14.1 Å². The van der Waals surface area contributed by atoms with Gasteiger partial charge in [0.1, 0.15) is 10.7 Å². The zero-order valence-corrected chi connectivity index (χ0v) is 17.4. The number of hydrogen-bond donors (Lipinski definition) is 0. The van der Waals surface area contributed by atoms with Crippen LogP contribution in [0.25, 0.3) is 11.3 Å². The van der Waals surface area contributed by atoms with Crippen LogP contribution in [0.3, 0.4) is 0 Å². The van der Waals surface area contributed by atoms with Gasteiger partial charge in [-0.15, -0.1) is 11.3 Å². The second kappa shape index (κ2) is 9.23. The van der Waals surface area contributed by atoms with Gasteiger partial charge >= 0.3 is 5.88 Å². The average molecular weight is 434 g/mol. The number of ether oxygens (including phenoxy) is 1. The van der Waals surface area contributed by atoms with Crippen LogP contribution < -0.4 is 9.54 Å². The molecule has 0 radical (unpaired) electrons. The SMILES string of the molecule is COc1ccc(-c2csc(=NCc3ccccc3)n2N=Cc2ccc([N+](=O)[O-])o2)cc1. The molecule has 0 aliphatic carbocycles. The second-order valence-corrected chi connectivity index (χ2v) is 7.26. The molecule has 0 unspecified atom stereocenters. The highest BCUT2D eigenvalue weighted by atomic mass is 32.1. The lowest BCUT2D eigenvalue weighted by Gasteiger charge is -2.05. The Kier molecular flexibility index (Phi) is 6.04. The maximum atomic E-state index is 10.9. The van der Waals surface area contributed by atoms with Crippen LogP contribution in [0, 0.1) is 10.1 Å². The largest absolute Gasteiger partial charge is 0.497 e. The number of nitro groups is 1. The van der Waals surface area contributed by atoms with Gasteiger partial charge in [0, 0.05) is 10.9 Å². The lowest BCUT2D eigenvalue weighted by molar-refractivity contribution is -0.402.